The highest BCUT2D eigenvalue weighted by Crippen LogP contribution is 2.23. The molecule has 1 atom stereocenters. The van der Waals surface area contributed by atoms with Crippen LogP contribution < -0.4 is 5.73 Å². The largest absolute Gasteiger partial charge is 0.340 e. The summed E-state index contributed by atoms with van der Waals surface area (Å²) in [5.41, 5.74) is 6.73. The van der Waals surface area contributed by atoms with Crippen LogP contribution >= 0.6 is 11.3 Å². The predicted molar refractivity (Wildman–Crippen MR) is 54.5 cm³/mol. The maximum absolute atomic E-state index is 5.69. The first kappa shape index (κ1) is 8.47. The Hall–Kier alpha value is -1.13. The van der Waals surface area contributed by atoms with Gasteiger partial charge in [0.25, 0.3) is 0 Å². The Balaban J connectivity index is 2.33. The number of rotatable bonds is 2. The number of imidazole rings is 1. The van der Waals surface area contributed by atoms with Crippen molar-refractivity contribution < 1.29 is 0 Å². The zero-order valence-corrected chi connectivity index (χ0v) is 8.14. The Morgan fingerprint density at radius 3 is 3.00 bits per heavy atom. The summed E-state index contributed by atoms with van der Waals surface area (Å²) in [6.07, 6.45) is 1.82. The molecule has 2 aromatic rings. The van der Waals surface area contributed by atoms with Crippen LogP contribution in [0.25, 0.3) is 10.6 Å². The van der Waals surface area contributed by atoms with Crippen molar-refractivity contribution in [2.24, 2.45) is 5.73 Å². The number of aromatic amines is 1. The fourth-order valence-electron chi connectivity index (χ4n) is 1.13. The number of thiophene rings is 1. The lowest BCUT2D eigenvalue weighted by atomic mass is 10.3. The van der Waals surface area contributed by atoms with E-state index in [9.17, 15) is 0 Å². The summed E-state index contributed by atoms with van der Waals surface area (Å²) in [5.74, 6) is 0.836. The van der Waals surface area contributed by atoms with Crippen molar-refractivity contribution in [2.75, 3.05) is 0 Å². The van der Waals surface area contributed by atoms with Gasteiger partial charge in [0.1, 0.15) is 5.82 Å². The van der Waals surface area contributed by atoms with Crippen LogP contribution in [0, 0.1) is 0 Å². The third-order valence-corrected chi connectivity index (χ3v) is 2.72. The molecule has 0 aliphatic rings. The Labute approximate surface area is 80.6 Å². The summed E-state index contributed by atoms with van der Waals surface area (Å²) in [6, 6.07) is 4.05. The zero-order valence-electron chi connectivity index (χ0n) is 7.32. The molecule has 0 fully saturated rings. The SMILES string of the molecule is C[C@@H](N)c1ncc(-c2cccs2)[nH]1. The molecule has 2 aromatic heterocycles. The molecule has 0 bridgehead atoms. The standard InChI is InChI=1S/C9H11N3S/c1-6(10)9-11-5-7(12-9)8-3-2-4-13-8/h2-6H,10H2,1H3,(H,11,12)/t6-/m1/s1. The van der Waals surface area contributed by atoms with Gasteiger partial charge in [0.2, 0.25) is 0 Å². The fourth-order valence-corrected chi connectivity index (χ4v) is 1.82. The Morgan fingerprint density at radius 2 is 2.46 bits per heavy atom. The van der Waals surface area contributed by atoms with Gasteiger partial charge < -0.3 is 10.7 Å². The summed E-state index contributed by atoms with van der Waals surface area (Å²) >= 11 is 1.69. The Kier molecular flexibility index (Phi) is 2.16. The van der Waals surface area contributed by atoms with Gasteiger partial charge in [-0.15, -0.1) is 11.3 Å². The van der Waals surface area contributed by atoms with Crippen LogP contribution in [0.1, 0.15) is 18.8 Å². The molecule has 68 valence electrons. The molecule has 0 radical (unpaired) electrons. The van der Waals surface area contributed by atoms with Gasteiger partial charge in [-0.3, -0.25) is 0 Å². The van der Waals surface area contributed by atoms with Gasteiger partial charge in [-0.05, 0) is 18.4 Å². The van der Waals surface area contributed by atoms with Gasteiger partial charge in [0.05, 0.1) is 22.8 Å². The van der Waals surface area contributed by atoms with Crippen molar-refractivity contribution in [1.82, 2.24) is 9.97 Å². The quantitative estimate of drug-likeness (QED) is 0.767. The van der Waals surface area contributed by atoms with E-state index in [1.807, 2.05) is 24.6 Å². The number of H-pyrrole nitrogens is 1. The van der Waals surface area contributed by atoms with Crippen LogP contribution in [0.2, 0.25) is 0 Å². The third-order valence-electron chi connectivity index (χ3n) is 1.81. The second-order valence-electron chi connectivity index (χ2n) is 2.95. The Morgan fingerprint density at radius 1 is 1.62 bits per heavy atom. The minimum atomic E-state index is -0.0336. The lowest BCUT2D eigenvalue weighted by Gasteiger charge is -1.97. The van der Waals surface area contributed by atoms with Crippen LogP contribution in [-0.4, -0.2) is 9.97 Å². The summed E-state index contributed by atoms with van der Waals surface area (Å²) in [5, 5.41) is 2.04. The number of nitrogens with zero attached hydrogens (tertiary/aromatic N) is 1. The molecule has 0 aromatic carbocycles. The average Bonchev–Trinajstić information content (AvgIpc) is 2.75. The molecule has 0 aliphatic heterocycles. The summed E-state index contributed by atoms with van der Waals surface area (Å²) < 4.78 is 0. The molecular weight excluding hydrogens is 182 g/mol. The topological polar surface area (TPSA) is 54.7 Å². The molecule has 3 N–H and O–H groups in total. The van der Waals surface area contributed by atoms with E-state index in [4.69, 9.17) is 5.73 Å². The van der Waals surface area contributed by atoms with Crippen molar-refractivity contribution >= 4 is 11.3 Å². The molecule has 2 rings (SSSR count). The van der Waals surface area contributed by atoms with Crippen LogP contribution in [0.3, 0.4) is 0 Å². The fraction of sp³-hybridized carbons (Fsp3) is 0.222. The second-order valence-corrected chi connectivity index (χ2v) is 3.90. The highest BCUT2D eigenvalue weighted by molar-refractivity contribution is 7.13. The minimum Gasteiger partial charge on any atom is -0.340 e. The van der Waals surface area contributed by atoms with E-state index in [0.29, 0.717) is 0 Å². The molecule has 3 nitrogen and oxygen atoms in total. The predicted octanol–water partition coefficient (Wildman–Crippen LogP) is 2.16. The van der Waals surface area contributed by atoms with Crippen LogP contribution in [0.5, 0.6) is 0 Å². The zero-order chi connectivity index (χ0) is 9.26. The maximum Gasteiger partial charge on any atom is 0.123 e. The van der Waals surface area contributed by atoms with Gasteiger partial charge in [0.15, 0.2) is 0 Å². The van der Waals surface area contributed by atoms with Gasteiger partial charge in [-0.25, -0.2) is 4.98 Å². The number of nitrogens with two attached hydrogens (primary N) is 1. The summed E-state index contributed by atoms with van der Waals surface area (Å²) in [4.78, 5) is 8.58. The van der Waals surface area contributed by atoms with Crippen molar-refractivity contribution in [3.8, 4) is 10.6 Å². The van der Waals surface area contributed by atoms with Gasteiger partial charge >= 0.3 is 0 Å². The number of hydrogen-bond acceptors (Lipinski definition) is 3. The lowest BCUT2D eigenvalue weighted by molar-refractivity contribution is 0.756. The average molecular weight is 193 g/mol. The molecule has 0 aliphatic carbocycles. The van der Waals surface area contributed by atoms with Gasteiger partial charge in [-0.2, -0.15) is 0 Å². The van der Waals surface area contributed by atoms with E-state index >= 15 is 0 Å². The van der Waals surface area contributed by atoms with E-state index < -0.39 is 0 Å². The molecule has 0 saturated carbocycles. The lowest BCUT2D eigenvalue weighted by Crippen LogP contribution is -2.06. The second kappa shape index (κ2) is 3.32. The molecule has 4 heteroatoms. The first-order valence-electron chi connectivity index (χ1n) is 4.12. The third kappa shape index (κ3) is 1.64. The molecule has 0 saturated heterocycles. The highest BCUT2D eigenvalue weighted by Gasteiger charge is 2.06. The number of nitrogens with one attached hydrogen (secondary N) is 1. The molecule has 2 heterocycles. The van der Waals surface area contributed by atoms with Crippen LogP contribution in [-0.2, 0) is 0 Å². The van der Waals surface area contributed by atoms with E-state index in [1.165, 1.54) is 4.88 Å². The minimum absolute atomic E-state index is 0.0336. The monoisotopic (exact) mass is 193 g/mol. The number of hydrogen-bond donors (Lipinski definition) is 2. The molecule has 0 spiro atoms. The molecule has 13 heavy (non-hydrogen) atoms. The number of aromatic nitrogens is 2. The molecular formula is C9H11N3S. The normalized spacial score (nSPS) is 13.1. The van der Waals surface area contributed by atoms with Crippen molar-refractivity contribution in [3.63, 3.8) is 0 Å². The maximum atomic E-state index is 5.69. The molecule has 0 unspecified atom stereocenters. The smallest absolute Gasteiger partial charge is 0.123 e. The molecule has 0 amide bonds. The van der Waals surface area contributed by atoms with Crippen molar-refractivity contribution in [1.29, 1.82) is 0 Å². The Bertz CT molecular complexity index is 375. The van der Waals surface area contributed by atoms with Crippen LogP contribution in [0.4, 0.5) is 0 Å². The van der Waals surface area contributed by atoms with Crippen LogP contribution in [0.15, 0.2) is 23.7 Å². The van der Waals surface area contributed by atoms with E-state index in [-0.39, 0.29) is 6.04 Å². The highest BCUT2D eigenvalue weighted by atomic mass is 32.1. The van der Waals surface area contributed by atoms with Crippen molar-refractivity contribution in [3.05, 3.63) is 29.5 Å². The van der Waals surface area contributed by atoms with E-state index in [2.05, 4.69) is 16.0 Å². The van der Waals surface area contributed by atoms with Gasteiger partial charge in [-0.1, -0.05) is 6.07 Å². The summed E-state index contributed by atoms with van der Waals surface area (Å²) in [6.45, 7) is 1.91. The first-order valence-corrected chi connectivity index (χ1v) is 4.99. The first-order chi connectivity index (χ1) is 6.27. The van der Waals surface area contributed by atoms with E-state index in [0.717, 1.165) is 11.5 Å². The summed E-state index contributed by atoms with van der Waals surface area (Å²) in [7, 11) is 0. The van der Waals surface area contributed by atoms with E-state index in [1.54, 1.807) is 11.3 Å². The van der Waals surface area contributed by atoms with Crippen molar-refractivity contribution in [2.45, 2.75) is 13.0 Å². The van der Waals surface area contributed by atoms with Gasteiger partial charge in [0, 0.05) is 0 Å².